The molecule has 39 heavy (non-hydrogen) atoms. The minimum Gasteiger partial charge on any atom is -0.350 e. The fourth-order valence-corrected chi connectivity index (χ4v) is 4.71. The van der Waals surface area contributed by atoms with Crippen molar-refractivity contribution in [3.63, 3.8) is 0 Å². The molecule has 3 amide bonds. The second-order valence-electron chi connectivity index (χ2n) is 10.2. The number of benzene rings is 1. The van der Waals surface area contributed by atoms with Crippen molar-refractivity contribution in [1.82, 2.24) is 15.7 Å². The van der Waals surface area contributed by atoms with Gasteiger partial charge in [0.1, 0.15) is 6.04 Å². The lowest BCUT2D eigenvalue weighted by molar-refractivity contribution is -0.384. The molecule has 11 nitrogen and oxygen atoms in total. The van der Waals surface area contributed by atoms with Crippen LogP contribution in [0.3, 0.4) is 0 Å². The lowest BCUT2D eigenvalue weighted by atomic mass is 9.95. The first-order valence-electron chi connectivity index (χ1n) is 13.8. The van der Waals surface area contributed by atoms with Crippen LogP contribution in [0.2, 0.25) is 0 Å². The van der Waals surface area contributed by atoms with Crippen molar-refractivity contribution in [2.45, 2.75) is 83.0 Å². The summed E-state index contributed by atoms with van der Waals surface area (Å²) in [5.74, 6) is -1.70. The molecule has 1 aromatic rings. The van der Waals surface area contributed by atoms with Crippen molar-refractivity contribution in [1.29, 1.82) is 0 Å². The van der Waals surface area contributed by atoms with Crippen molar-refractivity contribution >= 4 is 23.4 Å². The van der Waals surface area contributed by atoms with Gasteiger partial charge in [0.25, 0.3) is 5.69 Å². The van der Waals surface area contributed by atoms with E-state index in [9.17, 15) is 24.5 Å². The number of hydroxylamine groups is 1. The maximum absolute atomic E-state index is 13.5. The minimum absolute atomic E-state index is 0.0474. The van der Waals surface area contributed by atoms with Crippen LogP contribution in [0.15, 0.2) is 36.4 Å². The number of carbonyl (C=O) groups is 3. The van der Waals surface area contributed by atoms with E-state index in [1.54, 1.807) is 24.1 Å². The highest BCUT2D eigenvalue weighted by molar-refractivity contribution is 5.90. The zero-order chi connectivity index (χ0) is 28.0. The molecule has 2 aliphatic rings. The van der Waals surface area contributed by atoms with Crippen molar-refractivity contribution in [3.8, 4) is 0 Å². The smallest absolute Gasteiger partial charge is 0.269 e. The van der Waals surface area contributed by atoms with Gasteiger partial charge in [-0.3, -0.25) is 24.5 Å². The highest BCUT2D eigenvalue weighted by Crippen LogP contribution is 2.18. The van der Waals surface area contributed by atoms with Crippen molar-refractivity contribution < 1.29 is 28.9 Å². The Morgan fingerprint density at radius 2 is 1.85 bits per heavy atom. The number of likely N-dealkylation sites (N-methyl/N-ethyl adjacent to an activating group) is 1. The molecule has 2 N–H and O–H groups in total. The van der Waals surface area contributed by atoms with E-state index < -0.39 is 29.1 Å². The highest BCUT2D eigenvalue weighted by Gasteiger charge is 2.29. The maximum atomic E-state index is 13.5. The van der Waals surface area contributed by atoms with Gasteiger partial charge in [-0.2, -0.15) is 0 Å². The molecule has 0 aromatic heterocycles. The van der Waals surface area contributed by atoms with Crippen LogP contribution in [0.4, 0.5) is 5.69 Å². The fourth-order valence-electron chi connectivity index (χ4n) is 4.71. The van der Waals surface area contributed by atoms with Gasteiger partial charge in [0.05, 0.1) is 4.92 Å². The summed E-state index contributed by atoms with van der Waals surface area (Å²) in [7, 11) is 1.71. The summed E-state index contributed by atoms with van der Waals surface area (Å²) >= 11 is 0. The fraction of sp³-hybridized carbons (Fsp3) is 0.607. The predicted octanol–water partition coefficient (Wildman–Crippen LogP) is 3.57. The molecule has 2 heterocycles. The van der Waals surface area contributed by atoms with Gasteiger partial charge < -0.3 is 15.0 Å². The van der Waals surface area contributed by atoms with Crippen molar-refractivity contribution in [2.75, 3.05) is 20.2 Å². The summed E-state index contributed by atoms with van der Waals surface area (Å²) in [6, 6.07) is 5.08. The second kappa shape index (κ2) is 15.9. The molecule has 0 saturated carbocycles. The number of ether oxygens (including phenoxy) is 1. The van der Waals surface area contributed by atoms with E-state index in [-0.39, 0.29) is 30.3 Å². The Kier molecular flexibility index (Phi) is 12.4. The maximum Gasteiger partial charge on any atom is 0.269 e. The lowest BCUT2D eigenvalue weighted by Crippen LogP contribution is -2.50. The number of nitro benzene ring substituents is 1. The van der Waals surface area contributed by atoms with E-state index in [0.717, 1.165) is 44.9 Å². The Balaban J connectivity index is 1.72. The van der Waals surface area contributed by atoms with Crippen LogP contribution in [0.25, 0.3) is 0 Å². The molecule has 0 radical (unpaired) electrons. The third-order valence-corrected chi connectivity index (χ3v) is 7.03. The number of carbonyl (C=O) groups excluding carboxylic acids is 3. The number of allylic oxidation sites excluding steroid dienone is 2. The number of hydrogen-bond donors (Lipinski definition) is 2. The van der Waals surface area contributed by atoms with Crippen LogP contribution in [0.1, 0.15) is 69.8 Å². The standard InChI is InChI=1S/C28H40N4O7/c1-31-17-9-6-4-2-3-5-7-11-22(20-25(33)30-39-26-12-8-10-18-38-26)27(34)29-24(28(31)35)19-21-13-15-23(16-14-21)32(36)37/h2-3,13-16,22,24,26H,4-12,17-20H2,1H3,(H,29,34)(H,30,33)/b3-2+/t22-,24+,26?/m1/s1. The largest absolute Gasteiger partial charge is 0.350 e. The normalized spacial score (nSPS) is 24.6. The molecule has 1 unspecified atom stereocenters. The second-order valence-corrected chi connectivity index (χ2v) is 10.2. The summed E-state index contributed by atoms with van der Waals surface area (Å²) in [4.78, 5) is 57.1. The van der Waals surface area contributed by atoms with E-state index in [1.807, 2.05) is 0 Å². The van der Waals surface area contributed by atoms with E-state index in [2.05, 4.69) is 22.9 Å². The molecule has 11 heteroatoms. The minimum atomic E-state index is -0.871. The Morgan fingerprint density at radius 1 is 1.10 bits per heavy atom. The predicted molar refractivity (Wildman–Crippen MR) is 144 cm³/mol. The van der Waals surface area contributed by atoms with Crippen molar-refractivity contribution in [2.24, 2.45) is 5.92 Å². The number of rotatable bonds is 7. The zero-order valence-corrected chi connectivity index (χ0v) is 22.6. The van der Waals surface area contributed by atoms with Gasteiger partial charge in [-0.1, -0.05) is 24.3 Å². The third-order valence-electron chi connectivity index (χ3n) is 7.03. The summed E-state index contributed by atoms with van der Waals surface area (Å²) in [6.45, 7) is 1.13. The third kappa shape index (κ3) is 10.4. The summed E-state index contributed by atoms with van der Waals surface area (Å²) in [6.07, 6.45) is 11.1. The summed E-state index contributed by atoms with van der Waals surface area (Å²) in [5, 5.41) is 13.9. The molecule has 1 fully saturated rings. The number of amides is 3. The molecule has 214 valence electrons. The SMILES string of the molecule is CN1CCCC/C=C/CCC[C@H](CC(=O)NOC2CCCCO2)C(=O)N[C@@H](Cc2ccc([N+](=O)[O-])cc2)C1=O. The molecule has 0 aliphatic carbocycles. The molecule has 1 aromatic carbocycles. The molecular weight excluding hydrogens is 504 g/mol. The van der Waals surface area contributed by atoms with Crippen LogP contribution in [-0.4, -0.2) is 60.1 Å². The number of hydrogen-bond acceptors (Lipinski definition) is 7. The van der Waals surface area contributed by atoms with Gasteiger partial charge in [0.2, 0.25) is 17.7 Å². The molecule has 1 saturated heterocycles. The van der Waals surface area contributed by atoms with E-state index in [1.165, 1.54) is 12.1 Å². The molecule has 0 bridgehead atoms. The first-order valence-corrected chi connectivity index (χ1v) is 13.8. The van der Waals surface area contributed by atoms with Gasteiger partial charge in [-0.15, -0.1) is 0 Å². The van der Waals surface area contributed by atoms with Crippen molar-refractivity contribution in [3.05, 3.63) is 52.1 Å². The summed E-state index contributed by atoms with van der Waals surface area (Å²) in [5.41, 5.74) is 3.06. The number of non-ortho nitro benzene ring substituents is 1. The average Bonchev–Trinajstić information content (AvgIpc) is 2.94. The topological polar surface area (TPSA) is 140 Å². The number of nitro groups is 1. The van der Waals surface area contributed by atoms with Gasteiger partial charge >= 0.3 is 0 Å². The van der Waals surface area contributed by atoms with Gasteiger partial charge in [0.15, 0.2) is 6.29 Å². The molecular formula is C28H40N4O7. The molecule has 2 aliphatic heterocycles. The Labute approximate surface area is 229 Å². The van der Waals surface area contributed by atoms with E-state index in [4.69, 9.17) is 9.57 Å². The highest BCUT2D eigenvalue weighted by atomic mass is 16.8. The molecule has 3 atom stereocenters. The van der Waals surface area contributed by atoms with Crippen LogP contribution >= 0.6 is 0 Å². The average molecular weight is 545 g/mol. The van der Waals surface area contributed by atoms with Crippen LogP contribution in [0, 0.1) is 16.0 Å². The van der Waals surface area contributed by atoms with Crippen LogP contribution < -0.4 is 10.8 Å². The van der Waals surface area contributed by atoms with Crippen LogP contribution in [0.5, 0.6) is 0 Å². The first-order chi connectivity index (χ1) is 18.8. The molecule has 0 spiro atoms. The quantitative estimate of drug-likeness (QED) is 0.304. The number of nitrogens with zero attached hydrogens (tertiary/aromatic N) is 2. The first kappa shape index (κ1) is 30.2. The Hall–Kier alpha value is -3.31. The number of nitrogens with one attached hydrogen (secondary N) is 2. The van der Waals surface area contributed by atoms with Crippen LogP contribution in [-0.2, 0) is 30.4 Å². The zero-order valence-electron chi connectivity index (χ0n) is 22.6. The monoisotopic (exact) mass is 544 g/mol. The Morgan fingerprint density at radius 3 is 2.54 bits per heavy atom. The lowest BCUT2D eigenvalue weighted by Gasteiger charge is -2.27. The van der Waals surface area contributed by atoms with Gasteiger partial charge in [0, 0.05) is 57.5 Å². The van der Waals surface area contributed by atoms with Gasteiger partial charge in [-0.25, -0.2) is 10.3 Å². The van der Waals surface area contributed by atoms with Gasteiger partial charge in [-0.05, 0) is 56.9 Å². The Bertz CT molecular complexity index is 992. The van der Waals surface area contributed by atoms with E-state index >= 15 is 0 Å². The summed E-state index contributed by atoms with van der Waals surface area (Å²) < 4.78 is 5.47. The van der Waals surface area contributed by atoms with E-state index in [0.29, 0.717) is 31.6 Å². The molecule has 3 rings (SSSR count).